The maximum Gasteiger partial charge on any atom is 0.0149 e. The van der Waals surface area contributed by atoms with E-state index >= 15 is 0 Å². The van der Waals surface area contributed by atoms with Crippen LogP contribution in [0.25, 0.3) is 33.4 Å². The minimum atomic E-state index is 0.408. The second-order valence-electron chi connectivity index (χ2n) is 18.9. The van der Waals surface area contributed by atoms with E-state index in [9.17, 15) is 0 Å². The predicted molar refractivity (Wildman–Crippen MR) is 242 cm³/mol. The Hall–Kier alpha value is -4.94. The SMILES string of the molecule is Cc1cc(C)c(C)c(C2=CCC3=C(C=C2)C2=CCC(C)C4=C2C3CC2=C4CCC3=C2CC2c4cc(-c5c(C)c(C)cc(C)c5C)ccc4-c4ccc(C)c3c42)c1C. The highest BCUT2D eigenvalue weighted by atomic mass is 14.5. The average molecular weight is 741 g/mol. The molecule has 0 fully saturated rings. The summed E-state index contributed by atoms with van der Waals surface area (Å²) in [6.07, 6.45) is 17.0. The highest BCUT2D eigenvalue weighted by molar-refractivity contribution is 5.93. The molecule has 0 saturated carbocycles. The van der Waals surface area contributed by atoms with Crippen molar-refractivity contribution >= 4 is 11.1 Å². The van der Waals surface area contributed by atoms with Crippen LogP contribution in [-0.2, 0) is 0 Å². The molecule has 0 aromatic heterocycles. The molecule has 0 heteroatoms. The standard InChI is InChI=1S/C57H56/c1-28-11-16-43-40-18-13-38(54-34(7)30(3)23-31(4)35(54)8)14-19-41(40)50-26-48-45(52(28)56(43)50)21-22-46-49(48)27-51-47-25-39(55-36(9)32(5)24-33(6)37(55)10)15-20-42(47)44-17-12-29(2)53(46)57(44)51/h12-18,20,23-25,28,50-51H,11,19,21-22,26-27H2,1-10H3. The second kappa shape index (κ2) is 12.3. The Labute approximate surface area is 341 Å². The minimum absolute atomic E-state index is 0.408. The molecule has 3 atom stereocenters. The van der Waals surface area contributed by atoms with Gasteiger partial charge in [0.1, 0.15) is 0 Å². The molecule has 4 aromatic rings. The summed E-state index contributed by atoms with van der Waals surface area (Å²) in [6.45, 7) is 23.3. The smallest absolute Gasteiger partial charge is 0.0149 e. The van der Waals surface area contributed by atoms with Crippen molar-refractivity contribution < 1.29 is 0 Å². The number of benzene rings is 4. The summed E-state index contributed by atoms with van der Waals surface area (Å²) >= 11 is 0. The molecule has 4 aromatic carbocycles. The van der Waals surface area contributed by atoms with Crippen molar-refractivity contribution in [2.75, 3.05) is 0 Å². The van der Waals surface area contributed by atoms with Gasteiger partial charge in [0, 0.05) is 11.8 Å². The van der Waals surface area contributed by atoms with Gasteiger partial charge < -0.3 is 0 Å². The first-order valence-electron chi connectivity index (χ1n) is 21.9. The number of fused-ring (bicyclic) bond motifs is 8. The van der Waals surface area contributed by atoms with Crippen LogP contribution in [0.15, 0.2) is 111 Å². The number of hydrogen-bond acceptors (Lipinski definition) is 0. The van der Waals surface area contributed by atoms with Crippen LogP contribution in [0.1, 0.15) is 124 Å². The zero-order valence-electron chi connectivity index (χ0n) is 35.8. The van der Waals surface area contributed by atoms with E-state index in [-0.39, 0.29) is 0 Å². The lowest BCUT2D eigenvalue weighted by atomic mass is 9.62. The monoisotopic (exact) mass is 740 g/mol. The summed E-state index contributed by atoms with van der Waals surface area (Å²) in [7, 11) is 0. The molecule has 3 unspecified atom stereocenters. The fourth-order valence-corrected chi connectivity index (χ4v) is 12.9. The fourth-order valence-electron chi connectivity index (χ4n) is 12.9. The van der Waals surface area contributed by atoms with Gasteiger partial charge in [0.15, 0.2) is 0 Å². The van der Waals surface area contributed by atoms with Gasteiger partial charge in [0.25, 0.3) is 0 Å². The van der Waals surface area contributed by atoms with E-state index in [0.29, 0.717) is 17.8 Å². The lowest BCUT2D eigenvalue weighted by molar-refractivity contribution is 0.595. The van der Waals surface area contributed by atoms with Crippen molar-refractivity contribution in [1.29, 1.82) is 0 Å². The maximum absolute atomic E-state index is 2.62. The fraction of sp³-hybridized carbons (Fsp3) is 0.333. The number of allylic oxidation sites excluding steroid dienone is 14. The molecule has 284 valence electrons. The van der Waals surface area contributed by atoms with Crippen LogP contribution >= 0.6 is 0 Å². The molecule has 0 aliphatic heterocycles. The Morgan fingerprint density at radius 2 is 1.16 bits per heavy atom. The van der Waals surface area contributed by atoms with Crippen molar-refractivity contribution in [3.8, 4) is 22.3 Å². The summed E-state index contributed by atoms with van der Waals surface area (Å²) < 4.78 is 0. The molecule has 57 heavy (non-hydrogen) atoms. The minimum Gasteiger partial charge on any atom is -0.0758 e. The van der Waals surface area contributed by atoms with Crippen LogP contribution in [0, 0.1) is 74.1 Å². The van der Waals surface area contributed by atoms with Crippen molar-refractivity contribution in [3.63, 3.8) is 0 Å². The van der Waals surface area contributed by atoms with Crippen LogP contribution in [0.2, 0.25) is 0 Å². The van der Waals surface area contributed by atoms with Crippen LogP contribution in [0.3, 0.4) is 0 Å². The molecule has 11 rings (SSSR count). The molecular formula is C57H56. The molecule has 0 radical (unpaired) electrons. The summed E-state index contributed by atoms with van der Waals surface area (Å²) in [5.41, 5.74) is 41.1. The quantitative estimate of drug-likeness (QED) is 0.192. The number of hydrogen-bond donors (Lipinski definition) is 0. The van der Waals surface area contributed by atoms with E-state index in [1.165, 1.54) is 102 Å². The van der Waals surface area contributed by atoms with Gasteiger partial charge in [-0.1, -0.05) is 73.2 Å². The van der Waals surface area contributed by atoms with E-state index in [1.54, 1.807) is 61.3 Å². The van der Waals surface area contributed by atoms with Gasteiger partial charge in [0.2, 0.25) is 0 Å². The maximum atomic E-state index is 2.62. The van der Waals surface area contributed by atoms with Gasteiger partial charge >= 0.3 is 0 Å². The van der Waals surface area contributed by atoms with Crippen LogP contribution < -0.4 is 0 Å². The summed E-state index contributed by atoms with van der Waals surface area (Å²) in [5, 5.41) is 0. The molecule has 0 spiro atoms. The van der Waals surface area contributed by atoms with Crippen molar-refractivity contribution in [2.45, 2.75) is 114 Å². The van der Waals surface area contributed by atoms with Crippen molar-refractivity contribution in [1.82, 2.24) is 0 Å². The van der Waals surface area contributed by atoms with Gasteiger partial charge in [0.05, 0.1) is 0 Å². The summed E-state index contributed by atoms with van der Waals surface area (Å²) in [6, 6.07) is 17.1. The highest BCUT2D eigenvalue weighted by Crippen LogP contribution is 2.63. The largest absolute Gasteiger partial charge is 0.0758 e. The molecule has 0 bridgehead atoms. The van der Waals surface area contributed by atoms with E-state index in [4.69, 9.17) is 0 Å². The van der Waals surface area contributed by atoms with Gasteiger partial charge in [-0.05, 0) is 258 Å². The first-order valence-corrected chi connectivity index (χ1v) is 21.9. The highest BCUT2D eigenvalue weighted by Gasteiger charge is 2.46. The molecule has 7 aliphatic carbocycles. The van der Waals surface area contributed by atoms with Gasteiger partial charge in [-0.2, -0.15) is 0 Å². The molecule has 0 saturated heterocycles. The Morgan fingerprint density at radius 3 is 1.88 bits per heavy atom. The van der Waals surface area contributed by atoms with Crippen LogP contribution in [-0.4, -0.2) is 0 Å². The Balaban J connectivity index is 1.03. The lowest BCUT2D eigenvalue weighted by Crippen LogP contribution is -2.25. The van der Waals surface area contributed by atoms with Crippen LogP contribution in [0.5, 0.6) is 0 Å². The Morgan fingerprint density at radius 1 is 0.526 bits per heavy atom. The normalized spacial score (nSPS) is 22.5. The second-order valence-corrected chi connectivity index (χ2v) is 18.9. The van der Waals surface area contributed by atoms with Crippen molar-refractivity contribution in [3.05, 3.63) is 184 Å². The van der Waals surface area contributed by atoms with E-state index in [0.717, 1.165) is 25.7 Å². The van der Waals surface area contributed by atoms with Crippen molar-refractivity contribution in [2.24, 2.45) is 11.8 Å². The molecule has 0 amide bonds. The Kier molecular flexibility index (Phi) is 7.59. The molecular weight excluding hydrogens is 685 g/mol. The third-order valence-electron chi connectivity index (χ3n) is 16.1. The zero-order chi connectivity index (χ0) is 39.3. The summed E-state index contributed by atoms with van der Waals surface area (Å²) in [4.78, 5) is 0. The lowest BCUT2D eigenvalue weighted by Gasteiger charge is -2.42. The molecule has 0 nitrogen and oxygen atoms in total. The van der Waals surface area contributed by atoms with Gasteiger partial charge in [-0.3, -0.25) is 0 Å². The molecule has 7 aliphatic rings. The van der Waals surface area contributed by atoms with E-state index < -0.39 is 0 Å². The predicted octanol–water partition coefficient (Wildman–Crippen LogP) is 15.1. The first kappa shape index (κ1) is 35.2. The molecule has 0 heterocycles. The number of aryl methyl sites for hydroxylation is 5. The third kappa shape index (κ3) is 4.74. The first-order chi connectivity index (χ1) is 27.4. The Bertz CT molecular complexity index is 2770. The average Bonchev–Trinajstić information content (AvgIpc) is 3.56. The summed E-state index contributed by atoms with van der Waals surface area (Å²) in [5.74, 6) is 1.45. The topological polar surface area (TPSA) is 0 Å². The molecule has 0 N–H and O–H groups in total. The van der Waals surface area contributed by atoms with Crippen LogP contribution in [0.4, 0.5) is 0 Å². The van der Waals surface area contributed by atoms with E-state index in [1.807, 2.05) is 0 Å². The number of rotatable bonds is 2. The zero-order valence-corrected chi connectivity index (χ0v) is 35.8. The third-order valence-corrected chi connectivity index (χ3v) is 16.1. The van der Waals surface area contributed by atoms with E-state index in [2.05, 4.69) is 136 Å². The van der Waals surface area contributed by atoms with Gasteiger partial charge in [-0.25, -0.2) is 0 Å². The van der Waals surface area contributed by atoms with Gasteiger partial charge in [-0.15, -0.1) is 0 Å².